The van der Waals surface area contributed by atoms with E-state index in [2.05, 4.69) is 33.9 Å². The lowest BCUT2D eigenvalue weighted by Gasteiger charge is -2.14. The lowest BCUT2D eigenvalue weighted by molar-refractivity contribution is 0.0952. The molecule has 9 heteroatoms. The molecule has 1 heterocycles. The number of nitrogens with one attached hydrogen (secondary N) is 1. The third kappa shape index (κ3) is 6.54. The van der Waals surface area contributed by atoms with Crippen molar-refractivity contribution in [1.82, 2.24) is 20.1 Å². The monoisotopic (exact) mass is 454 g/mol. The van der Waals surface area contributed by atoms with Crippen molar-refractivity contribution in [3.05, 3.63) is 28.5 Å². The van der Waals surface area contributed by atoms with E-state index in [4.69, 9.17) is 21.1 Å². The van der Waals surface area contributed by atoms with Crippen LogP contribution >= 0.6 is 23.4 Å². The minimum atomic E-state index is -0.203. The van der Waals surface area contributed by atoms with Crippen molar-refractivity contribution >= 4 is 29.3 Å². The molecule has 166 valence electrons. The maximum Gasteiger partial charge on any atom is 0.251 e. The summed E-state index contributed by atoms with van der Waals surface area (Å²) in [6.07, 6.45) is 4.36. The Kier molecular flexibility index (Phi) is 9.78. The quantitative estimate of drug-likeness (QED) is 0.376. The first-order valence-electron chi connectivity index (χ1n) is 10.2. The van der Waals surface area contributed by atoms with Crippen LogP contribution in [0.1, 0.15) is 49.8 Å². The molecule has 0 atom stereocenters. The molecule has 0 spiro atoms. The molecular weight excluding hydrogens is 424 g/mol. The number of amides is 1. The number of aryl methyl sites for hydroxylation is 1. The van der Waals surface area contributed by atoms with E-state index in [0.29, 0.717) is 41.2 Å². The van der Waals surface area contributed by atoms with E-state index in [-0.39, 0.29) is 5.91 Å². The fourth-order valence-electron chi connectivity index (χ4n) is 2.95. The predicted octanol–water partition coefficient (Wildman–Crippen LogP) is 4.47. The van der Waals surface area contributed by atoms with Gasteiger partial charge in [0.2, 0.25) is 0 Å². The van der Waals surface area contributed by atoms with Crippen LogP contribution < -0.4 is 14.8 Å². The molecule has 0 fully saturated rings. The van der Waals surface area contributed by atoms with Crippen LogP contribution in [0.15, 0.2) is 17.3 Å². The van der Waals surface area contributed by atoms with Crippen LogP contribution in [0.25, 0.3) is 0 Å². The van der Waals surface area contributed by atoms with Crippen LogP contribution in [0.2, 0.25) is 5.02 Å². The van der Waals surface area contributed by atoms with E-state index < -0.39 is 0 Å². The maximum atomic E-state index is 12.6. The number of hydrogen-bond donors (Lipinski definition) is 1. The third-order valence-electron chi connectivity index (χ3n) is 4.33. The summed E-state index contributed by atoms with van der Waals surface area (Å²) >= 11 is 7.90. The highest BCUT2D eigenvalue weighted by Gasteiger charge is 2.16. The SMILES string of the molecule is CCCOc1c(Cl)cc(C(=O)NCCCc2nnc(SC)n2CC(C)C)cc1OC. The van der Waals surface area contributed by atoms with Gasteiger partial charge >= 0.3 is 0 Å². The zero-order chi connectivity index (χ0) is 22.1. The lowest BCUT2D eigenvalue weighted by atomic mass is 10.1. The highest BCUT2D eigenvalue weighted by molar-refractivity contribution is 7.98. The van der Waals surface area contributed by atoms with Gasteiger partial charge in [0.05, 0.1) is 18.7 Å². The Bertz CT molecular complexity index is 842. The van der Waals surface area contributed by atoms with Gasteiger partial charge in [-0.25, -0.2) is 0 Å². The van der Waals surface area contributed by atoms with Gasteiger partial charge in [-0.15, -0.1) is 10.2 Å². The smallest absolute Gasteiger partial charge is 0.251 e. The Labute approximate surface area is 187 Å². The summed E-state index contributed by atoms with van der Waals surface area (Å²) in [5, 5.41) is 12.8. The number of aromatic nitrogens is 3. The molecule has 0 bridgehead atoms. The van der Waals surface area contributed by atoms with E-state index in [1.54, 1.807) is 23.9 Å². The summed E-state index contributed by atoms with van der Waals surface area (Å²) in [5.74, 6) is 2.17. The predicted molar refractivity (Wildman–Crippen MR) is 121 cm³/mol. The van der Waals surface area contributed by atoms with Crippen molar-refractivity contribution in [2.45, 2.75) is 51.7 Å². The molecule has 30 heavy (non-hydrogen) atoms. The number of nitrogens with zero attached hydrogens (tertiary/aromatic N) is 3. The molecule has 1 N–H and O–H groups in total. The van der Waals surface area contributed by atoms with E-state index in [9.17, 15) is 4.79 Å². The van der Waals surface area contributed by atoms with E-state index >= 15 is 0 Å². The molecule has 1 amide bonds. The summed E-state index contributed by atoms with van der Waals surface area (Å²) in [6.45, 7) is 8.29. The van der Waals surface area contributed by atoms with E-state index in [0.717, 1.165) is 36.8 Å². The Balaban J connectivity index is 1.95. The Morgan fingerprint density at radius 3 is 2.73 bits per heavy atom. The standard InChI is InChI=1S/C21H31ClN4O3S/c1-6-10-29-19-16(22)11-15(12-17(19)28-4)20(27)23-9-7-8-18-24-25-21(30-5)26(18)13-14(2)3/h11-12,14H,6-10,13H2,1-5H3,(H,23,27). The minimum Gasteiger partial charge on any atom is -0.493 e. The van der Waals surface area contributed by atoms with Gasteiger partial charge < -0.3 is 19.4 Å². The third-order valence-corrected chi connectivity index (χ3v) is 5.28. The topological polar surface area (TPSA) is 78.3 Å². The molecule has 0 saturated carbocycles. The molecular formula is C21H31ClN4O3S. The second-order valence-electron chi connectivity index (χ2n) is 7.30. The first kappa shape index (κ1) is 24.3. The average molecular weight is 455 g/mol. The van der Waals surface area contributed by atoms with Crippen LogP contribution in [-0.2, 0) is 13.0 Å². The summed E-state index contributed by atoms with van der Waals surface area (Å²) in [6, 6.07) is 3.25. The molecule has 7 nitrogen and oxygen atoms in total. The number of benzene rings is 1. The van der Waals surface area contributed by atoms with Gasteiger partial charge in [0.15, 0.2) is 16.7 Å². The Morgan fingerprint density at radius 2 is 2.10 bits per heavy atom. The fraction of sp³-hybridized carbons (Fsp3) is 0.571. The van der Waals surface area contributed by atoms with Gasteiger partial charge in [0.1, 0.15) is 5.82 Å². The van der Waals surface area contributed by atoms with Crippen molar-refractivity contribution in [1.29, 1.82) is 0 Å². The van der Waals surface area contributed by atoms with Crippen molar-refractivity contribution in [2.75, 3.05) is 26.5 Å². The molecule has 0 aliphatic rings. The molecule has 1 aromatic heterocycles. The summed E-state index contributed by atoms with van der Waals surface area (Å²) in [5.41, 5.74) is 0.438. The van der Waals surface area contributed by atoms with Crippen LogP contribution in [0.5, 0.6) is 11.5 Å². The van der Waals surface area contributed by atoms with Crippen LogP contribution in [0.3, 0.4) is 0 Å². The van der Waals surface area contributed by atoms with Crippen molar-refractivity contribution in [3.63, 3.8) is 0 Å². The largest absolute Gasteiger partial charge is 0.493 e. The van der Waals surface area contributed by atoms with Gasteiger partial charge in [-0.3, -0.25) is 4.79 Å². The molecule has 1 aromatic carbocycles. The molecule has 2 aromatic rings. The number of rotatable bonds is 12. The molecule has 0 unspecified atom stereocenters. The highest BCUT2D eigenvalue weighted by Crippen LogP contribution is 2.36. The number of hydrogen-bond acceptors (Lipinski definition) is 6. The highest BCUT2D eigenvalue weighted by atomic mass is 35.5. The van der Waals surface area contributed by atoms with Gasteiger partial charge in [-0.1, -0.05) is 44.1 Å². The Hall–Kier alpha value is -1.93. The van der Waals surface area contributed by atoms with Crippen LogP contribution in [0.4, 0.5) is 0 Å². The van der Waals surface area contributed by atoms with Crippen LogP contribution in [-0.4, -0.2) is 47.2 Å². The number of methoxy groups -OCH3 is 1. The van der Waals surface area contributed by atoms with Crippen molar-refractivity contribution in [3.8, 4) is 11.5 Å². The zero-order valence-corrected chi connectivity index (χ0v) is 19.9. The van der Waals surface area contributed by atoms with Gasteiger partial charge in [-0.2, -0.15) is 0 Å². The van der Waals surface area contributed by atoms with Crippen molar-refractivity contribution < 1.29 is 14.3 Å². The molecule has 0 saturated heterocycles. The second kappa shape index (κ2) is 12.1. The lowest BCUT2D eigenvalue weighted by Crippen LogP contribution is -2.25. The van der Waals surface area contributed by atoms with Gasteiger partial charge in [-0.05, 0) is 37.1 Å². The minimum absolute atomic E-state index is 0.203. The van der Waals surface area contributed by atoms with Gasteiger partial charge in [0, 0.05) is 25.1 Å². The van der Waals surface area contributed by atoms with Crippen LogP contribution in [0, 0.1) is 5.92 Å². The van der Waals surface area contributed by atoms with Crippen molar-refractivity contribution in [2.24, 2.45) is 5.92 Å². The number of carbonyl (C=O) groups is 1. The normalized spacial score (nSPS) is 11.0. The maximum absolute atomic E-state index is 12.6. The molecule has 0 radical (unpaired) electrons. The summed E-state index contributed by atoms with van der Waals surface area (Å²) < 4.78 is 13.1. The number of carbonyl (C=O) groups excluding carboxylic acids is 1. The molecule has 0 aliphatic heterocycles. The molecule has 2 rings (SSSR count). The summed E-state index contributed by atoms with van der Waals surface area (Å²) in [4.78, 5) is 12.6. The second-order valence-corrected chi connectivity index (χ2v) is 8.49. The van der Waals surface area contributed by atoms with Gasteiger partial charge in [0.25, 0.3) is 5.91 Å². The fourth-order valence-corrected chi connectivity index (χ4v) is 3.74. The number of ether oxygens (including phenoxy) is 2. The molecule has 0 aliphatic carbocycles. The first-order chi connectivity index (χ1) is 14.4. The van der Waals surface area contributed by atoms with E-state index in [1.807, 2.05) is 13.2 Å². The zero-order valence-electron chi connectivity index (χ0n) is 18.3. The first-order valence-corrected chi connectivity index (χ1v) is 11.8. The number of halogens is 1. The average Bonchev–Trinajstić information content (AvgIpc) is 3.10. The van der Waals surface area contributed by atoms with E-state index in [1.165, 1.54) is 7.11 Å². The number of thioether (sulfide) groups is 1. The summed E-state index contributed by atoms with van der Waals surface area (Å²) in [7, 11) is 1.53. The Morgan fingerprint density at radius 1 is 1.33 bits per heavy atom.